The van der Waals surface area contributed by atoms with Crippen LogP contribution in [0.25, 0.3) is 16.4 Å². The number of carbonyl (C=O) groups excluding carboxylic acids is 2. The van der Waals surface area contributed by atoms with E-state index in [1.165, 1.54) is 21.9 Å². The van der Waals surface area contributed by atoms with Crippen LogP contribution in [-0.2, 0) is 11.8 Å². The summed E-state index contributed by atoms with van der Waals surface area (Å²) >= 11 is 6.52. The van der Waals surface area contributed by atoms with Gasteiger partial charge in [0, 0.05) is 48.4 Å². The van der Waals surface area contributed by atoms with E-state index in [2.05, 4.69) is 56.9 Å². The molecule has 1 atom stereocenters. The van der Waals surface area contributed by atoms with E-state index in [1.54, 1.807) is 6.20 Å². The number of nitrogens with zero attached hydrogens (tertiary/aromatic N) is 3. The van der Waals surface area contributed by atoms with Crippen molar-refractivity contribution in [2.75, 3.05) is 17.3 Å². The molecule has 0 fully saturated rings. The Balaban J connectivity index is 1.37. The zero-order valence-corrected chi connectivity index (χ0v) is 24.9. The molecule has 41 heavy (non-hydrogen) atoms. The van der Waals surface area contributed by atoms with Gasteiger partial charge in [0.1, 0.15) is 11.3 Å². The summed E-state index contributed by atoms with van der Waals surface area (Å²) in [5.41, 5.74) is 8.08. The fraction of sp³-hybridized carbons (Fsp3) is 0.286. The van der Waals surface area contributed by atoms with Crippen molar-refractivity contribution >= 4 is 45.4 Å². The molecule has 0 saturated carbocycles. The summed E-state index contributed by atoms with van der Waals surface area (Å²) in [4.78, 5) is 33.4. The lowest BCUT2D eigenvalue weighted by Gasteiger charge is -2.26. The van der Waals surface area contributed by atoms with Crippen molar-refractivity contribution in [2.24, 2.45) is 0 Å². The third kappa shape index (κ3) is 4.82. The lowest BCUT2D eigenvalue weighted by atomic mass is 9.80. The number of amides is 1. The SMILES string of the molecule is Cc1ccc(C(=O)Cc2ccc3nc(C(=O)N4C[C@@H](CCl)c5c4cc(C(C)(C)C)c4cccc(C)c54)cn3c2)cc1. The highest BCUT2D eigenvalue weighted by atomic mass is 35.5. The van der Waals surface area contributed by atoms with Crippen LogP contribution in [0.3, 0.4) is 0 Å². The number of alkyl halides is 1. The van der Waals surface area contributed by atoms with Gasteiger partial charge in [-0.2, -0.15) is 0 Å². The molecule has 208 valence electrons. The van der Waals surface area contributed by atoms with E-state index in [0.717, 1.165) is 22.4 Å². The molecule has 3 heterocycles. The van der Waals surface area contributed by atoms with Gasteiger partial charge in [0.2, 0.25) is 0 Å². The second-order valence-electron chi connectivity index (χ2n) is 12.3. The predicted octanol–water partition coefficient (Wildman–Crippen LogP) is 7.81. The number of imidazole rings is 1. The van der Waals surface area contributed by atoms with Crippen molar-refractivity contribution in [2.45, 2.75) is 52.4 Å². The molecule has 6 heteroatoms. The number of halogens is 1. The number of Topliss-reactive ketones (excluding diaryl/α,β-unsaturated/α-hetero) is 1. The first-order chi connectivity index (χ1) is 19.5. The average molecular weight is 564 g/mol. The Morgan fingerprint density at radius 3 is 2.46 bits per heavy atom. The second-order valence-corrected chi connectivity index (χ2v) is 12.6. The van der Waals surface area contributed by atoms with Gasteiger partial charge in [-0.05, 0) is 64.4 Å². The number of anilines is 1. The molecule has 6 rings (SSSR count). The number of ketones is 1. The highest BCUT2D eigenvalue weighted by Gasteiger charge is 2.37. The summed E-state index contributed by atoms with van der Waals surface area (Å²) in [5.74, 6) is 0.370. The van der Waals surface area contributed by atoms with Crippen LogP contribution < -0.4 is 4.90 Å². The molecular formula is C35H34ClN3O2. The Bertz CT molecular complexity index is 1830. The molecule has 2 aromatic heterocycles. The molecule has 0 aliphatic carbocycles. The first-order valence-corrected chi connectivity index (χ1v) is 14.6. The smallest absolute Gasteiger partial charge is 0.278 e. The first kappa shape index (κ1) is 27.2. The standard InChI is InChI=1S/C35H34ClN3O2/c1-21-9-12-24(13-10-21)30(40)15-23-11-14-31-37-28(20-38(31)18-23)34(41)39-19-25(17-36)33-29(39)16-27(35(3,4)5)26-8-6-7-22(2)32(26)33/h6-14,16,18,20,25H,15,17,19H2,1-5H3/t25-/m1/s1. The summed E-state index contributed by atoms with van der Waals surface area (Å²) in [5, 5.41) is 2.43. The van der Waals surface area contributed by atoms with Crippen molar-refractivity contribution < 1.29 is 9.59 Å². The number of aryl methyl sites for hydroxylation is 2. The fourth-order valence-corrected chi connectivity index (χ4v) is 6.32. The monoisotopic (exact) mass is 563 g/mol. The van der Waals surface area contributed by atoms with E-state index in [9.17, 15) is 9.59 Å². The summed E-state index contributed by atoms with van der Waals surface area (Å²) in [6.45, 7) is 11.3. The van der Waals surface area contributed by atoms with Crippen LogP contribution in [-0.4, -0.2) is 33.5 Å². The topological polar surface area (TPSA) is 54.7 Å². The maximum atomic E-state index is 14.1. The van der Waals surface area contributed by atoms with Crippen LogP contribution in [0.15, 0.2) is 73.1 Å². The highest BCUT2D eigenvalue weighted by Crippen LogP contribution is 2.47. The van der Waals surface area contributed by atoms with Gasteiger partial charge in [-0.3, -0.25) is 9.59 Å². The molecule has 3 aromatic carbocycles. The van der Waals surface area contributed by atoms with Crippen molar-refractivity contribution in [1.29, 1.82) is 0 Å². The quantitative estimate of drug-likeness (QED) is 0.162. The maximum absolute atomic E-state index is 14.1. The summed E-state index contributed by atoms with van der Waals surface area (Å²) in [6.07, 6.45) is 3.93. The van der Waals surface area contributed by atoms with E-state index >= 15 is 0 Å². The largest absolute Gasteiger partial charge is 0.306 e. The van der Waals surface area contributed by atoms with Crippen molar-refractivity contribution in [3.05, 3.63) is 112 Å². The van der Waals surface area contributed by atoms with E-state index in [0.29, 0.717) is 29.3 Å². The summed E-state index contributed by atoms with van der Waals surface area (Å²) in [6, 6.07) is 20.0. The van der Waals surface area contributed by atoms with E-state index < -0.39 is 0 Å². The van der Waals surface area contributed by atoms with Gasteiger partial charge in [0.15, 0.2) is 5.78 Å². The van der Waals surface area contributed by atoms with Crippen LogP contribution >= 0.6 is 11.6 Å². The second kappa shape index (κ2) is 10.1. The molecule has 1 aliphatic rings. The number of rotatable bonds is 5. The van der Waals surface area contributed by atoms with Crippen molar-refractivity contribution in [3.63, 3.8) is 0 Å². The molecule has 0 saturated heterocycles. The van der Waals surface area contributed by atoms with E-state index in [1.807, 2.05) is 58.8 Å². The van der Waals surface area contributed by atoms with Crippen LogP contribution in [0.4, 0.5) is 5.69 Å². The van der Waals surface area contributed by atoms with Gasteiger partial charge in [0.05, 0.1) is 0 Å². The number of fused-ring (bicyclic) bond motifs is 4. The zero-order valence-electron chi connectivity index (χ0n) is 24.2. The average Bonchev–Trinajstić information content (AvgIpc) is 3.53. The number of aromatic nitrogens is 2. The Labute approximate surface area is 245 Å². The number of benzene rings is 3. The van der Waals surface area contributed by atoms with Gasteiger partial charge in [-0.15, -0.1) is 11.6 Å². The van der Waals surface area contributed by atoms with Gasteiger partial charge in [-0.25, -0.2) is 4.98 Å². The molecular weight excluding hydrogens is 530 g/mol. The number of pyridine rings is 1. The minimum atomic E-state index is -0.146. The van der Waals surface area contributed by atoms with E-state index in [4.69, 9.17) is 11.6 Å². The molecule has 1 aliphatic heterocycles. The van der Waals surface area contributed by atoms with Gasteiger partial charge in [0.25, 0.3) is 5.91 Å². The zero-order chi connectivity index (χ0) is 29.1. The number of hydrogen-bond acceptors (Lipinski definition) is 3. The van der Waals surface area contributed by atoms with Gasteiger partial charge >= 0.3 is 0 Å². The lowest BCUT2D eigenvalue weighted by Crippen LogP contribution is -2.30. The molecule has 1 amide bonds. The Morgan fingerprint density at radius 2 is 1.76 bits per heavy atom. The normalized spacial score (nSPS) is 15.1. The van der Waals surface area contributed by atoms with Crippen molar-refractivity contribution in [1.82, 2.24) is 9.38 Å². The Kier molecular flexibility index (Phi) is 6.74. The Morgan fingerprint density at radius 1 is 1.00 bits per heavy atom. The summed E-state index contributed by atoms with van der Waals surface area (Å²) < 4.78 is 1.84. The minimum absolute atomic E-state index is 0.0321. The Hall–Kier alpha value is -3.96. The first-order valence-electron chi connectivity index (χ1n) is 14.1. The highest BCUT2D eigenvalue weighted by molar-refractivity contribution is 6.19. The lowest BCUT2D eigenvalue weighted by molar-refractivity contribution is 0.0979. The summed E-state index contributed by atoms with van der Waals surface area (Å²) in [7, 11) is 0. The van der Waals surface area contributed by atoms with Crippen LogP contribution in [0.1, 0.15) is 75.4 Å². The van der Waals surface area contributed by atoms with Gasteiger partial charge < -0.3 is 9.30 Å². The molecule has 5 nitrogen and oxygen atoms in total. The van der Waals surface area contributed by atoms with Crippen molar-refractivity contribution in [3.8, 4) is 0 Å². The maximum Gasteiger partial charge on any atom is 0.278 e. The minimum Gasteiger partial charge on any atom is -0.306 e. The van der Waals surface area contributed by atoms with Crippen LogP contribution in [0.5, 0.6) is 0 Å². The third-order valence-electron chi connectivity index (χ3n) is 8.20. The molecule has 0 radical (unpaired) electrons. The van der Waals surface area contributed by atoms with E-state index in [-0.39, 0.29) is 29.4 Å². The van der Waals surface area contributed by atoms with Crippen LogP contribution in [0.2, 0.25) is 0 Å². The molecule has 5 aromatic rings. The fourth-order valence-electron chi connectivity index (χ4n) is 6.07. The molecule has 0 unspecified atom stereocenters. The molecule has 0 spiro atoms. The number of hydrogen-bond donors (Lipinski definition) is 0. The molecule has 0 N–H and O–H groups in total. The third-order valence-corrected chi connectivity index (χ3v) is 8.57. The number of carbonyl (C=O) groups is 2. The molecule has 0 bridgehead atoms. The predicted molar refractivity (Wildman–Crippen MR) is 167 cm³/mol. The van der Waals surface area contributed by atoms with Crippen LogP contribution in [0, 0.1) is 13.8 Å². The van der Waals surface area contributed by atoms with Gasteiger partial charge in [-0.1, -0.05) is 74.9 Å².